The van der Waals surface area contributed by atoms with E-state index in [-0.39, 0.29) is 0 Å². The minimum absolute atomic E-state index is 0.325. The van der Waals surface area contributed by atoms with Crippen molar-refractivity contribution in [1.29, 1.82) is 0 Å². The van der Waals surface area contributed by atoms with E-state index in [1.807, 2.05) is 6.07 Å². The molecule has 0 saturated heterocycles. The molecule has 1 aliphatic carbocycles. The number of nitrogens with one attached hydrogen (secondary N) is 2. The van der Waals surface area contributed by atoms with Crippen LogP contribution in [0.3, 0.4) is 0 Å². The Morgan fingerprint density at radius 3 is 2.79 bits per heavy atom. The minimum atomic E-state index is -3.40. The van der Waals surface area contributed by atoms with Crippen molar-refractivity contribution in [2.24, 2.45) is 0 Å². The van der Waals surface area contributed by atoms with Gasteiger partial charge in [0, 0.05) is 19.1 Å². The molecule has 0 aromatic heterocycles. The largest absolute Gasteiger partial charge is 0.306 e. The zero-order chi connectivity index (χ0) is 17.2. The predicted molar refractivity (Wildman–Crippen MR) is 96.4 cm³/mol. The van der Waals surface area contributed by atoms with Crippen molar-refractivity contribution in [2.75, 3.05) is 6.54 Å². The van der Waals surface area contributed by atoms with Crippen LogP contribution >= 0.6 is 0 Å². The zero-order valence-electron chi connectivity index (χ0n) is 14.2. The molecule has 0 spiro atoms. The molecular formula is C19H24N2O2S. The first-order chi connectivity index (χ1) is 11.5. The Balaban J connectivity index is 1.72. The fraction of sp³-hybridized carbons (Fsp3) is 0.368. The second kappa shape index (κ2) is 7.05. The molecule has 2 N–H and O–H groups in total. The van der Waals surface area contributed by atoms with Crippen LogP contribution in [0.2, 0.25) is 0 Å². The Bertz CT molecular complexity index is 831. The molecule has 1 atom stereocenters. The van der Waals surface area contributed by atoms with Crippen LogP contribution < -0.4 is 10.0 Å². The van der Waals surface area contributed by atoms with Gasteiger partial charge >= 0.3 is 0 Å². The van der Waals surface area contributed by atoms with Gasteiger partial charge < -0.3 is 5.32 Å². The Hall–Kier alpha value is -1.69. The Labute approximate surface area is 144 Å². The van der Waals surface area contributed by atoms with E-state index in [1.54, 1.807) is 25.1 Å². The molecule has 5 heteroatoms. The summed E-state index contributed by atoms with van der Waals surface area (Å²) in [7, 11) is -3.40. The molecule has 0 fully saturated rings. The highest BCUT2D eigenvalue weighted by Crippen LogP contribution is 2.32. The van der Waals surface area contributed by atoms with Gasteiger partial charge in [-0.05, 0) is 48.6 Å². The lowest BCUT2D eigenvalue weighted by molar-refractivity contribution is 0.529. The van der Waals surface area contributed by atoms with E-state index in [9.17, 15) is 8.42 Å². The smallest absolute Gasteiger partial charge is 0.240 e. The van der Waals surface area contributed by atoms with Crippen molar-refractivity contribution in [3.8, 4) is 0 Å². The highest BCUT2D eigenvalue weighted by molar-refractivity contribution is 7.89. The van der Waals surface area contributed by atoms with Crippen LogP contribution in [0.15, 0.2) is 47.4 Å². The molecule has 0 amide bonds. The van der Waals surface area contributed by atoms with Crippen molar-refractivity contribution < 1.29 is 8.42 Å². The maximum atomic E-state index is 12.1. The van der Waals surface area contributed by atoms with Gasteiger partial charge in [-0.2, -0.15) is 0 Å². The summed E-state index contributed by atoms with van der Waals surface area (Å²) < 4.78 is 26.8. The van der Waals surface area contributed by atoms with Crippen LogP contribution in [0.5, 0.6) is 0 Å². The Morgan fingerprint density at radius 2 is 2.00 bits per heavy atom. The lowest BCUT2D eigenvalue weighted by Crippen LogP contribution is -2.23. The van der Waals surface area contributed by atoms with E-state index in [0.717, 1.165) is 18.4 Å². The van der Waals surface area contributed by atoms with E-state index in [2.05, 4.69) is 35.2 Å². The molecule has 0 heterocycles. The minimum Gasteiger partial charge on any atom is -0.306 e. The van der Waals surface area contributed by atoms with Crippen LogP contribution in [0, 0.1) is 6.92 Å². The van der Waals surface area contributed by atoms with Crippen molar-refractivity contribution >= 4 is 10.0 Å². The average Bonchev–Trinajstić information content (AvgIpc) is 2.95. The number of aryl methyl sites for hydroxylation is 2. The quantitative estimate of drug-likeness (QED) is 0.847. The normalized spacial score (nSPS) is 17.0. The molecule has 24 heavy (non-hydrogen) atoms. The van der Waals surface area contributed by atoms with Gasteiger partial charge in [-0.25, -0.2) is 13.1 Å². The van der Waals surface area contributed by atoms with Crippen LogP contribution in [-0.4, -0.2) is 15.0 Å². The van der Waals surface area contributed by atoms with Gasteiger partial charge in [0.2, 0.25) is 10.0 Å². The second-order valence-corrected chi connectivity index (χ2v) is 8.09. The summed E-state index contributed by atoms with van der Waals surface area (Å²) in [6.07, 6.45) is 2.19. The number of hydrogen-bond acceptors (Lipinski definition) is 3. The van der Waals surface area contributed by atoms with E-state index >= 15 is 0 Å². The molecule has 0 radical (unpaired) electrons. The SMILES string of the molecule is CCNS(=O)(=O)c1cccc(CNC2CCc3ccc(C)cc32)c1. The third kappa shape index (κ3) is 3.69. The molecule has 2 aromatic rings. The molecule has 4 nitrogen and oxygen atoms in total. The zero-order valence-corrected chi connectivity index (χ0v) is 15.0. The van der Waals surface area contributed by atoms with Crippen molar-refractivity contribution in [3.63, 3.8) is 0 Å². The van der Waals surface area contributed by atoms with Gasteiger partial charge in [0.25, 0.3) is 0 Å². The molecule has 2 aromatic carbocycles. The van der Waals surface area contributed by atoms with Crippen LogP contribution in [0.4, 0.5) is 0 Å². The van der Waals surface area contributed by atoms with Gasteiger partial charge in [0.15, 0.2) is 0 Å². The number of rotatable bonds is 6. The topological polar surface area (TPSA) is 58.2 Å². The molecule has 128 valence electrons. The monoisotopic (exact) mass is 344 g/mol. The summed E-state index contributed by atoms with van der Waals surface area (Å²) in [4.78, 5) is 0.325. The Morgan fingerprint density at radius 1 is 1.17 bits per heavy atom. The number of hydrogen-bond donors (Lipinski definition) is 2. The maximum Gasteiger partial charge on any atom is 0.240 e. The molecule has 0 bridgehead atoms. The number of fused-ring (bicyclic) bond motifs is 1. The van der Waals surface area contributed by atoms with Gasteiger partial charge in [-0.1, -0.05) is 42.8 Å². The highest BCUT2D eigenvalue weighted by Gasteiger charge is 2.22. The standard InChI is InChI=1S/C19H24N2O2S/c1-3-21-24(22,23)17-6-4-5-15(12-17)13-20-19-10-9-16-8-7-14(2)11-18(16)19/h4-8,11-12,19-21H,3,9-10,13H2,1-2H3. The number of sulfonamides is 1. The summed E-state index contributed by atoms with van der Waals surface area (Å²) in [6, 6.07) is 14.1. The van der Waals surface area contributed by atoms with E-state index < -0.39 is 10.0 Å². The van der Waals surface area contributed by atoms with Crippen molar-refractivity contribution in [2.45, 2.75) is 44.2 Å². The van der Waals surface area contributed by atoms with E-state index in [4.69, 9.17) is 0 Å². The lowest BCUT2D eigenvalue weighted by atomic mass is 10.0. The first kappa shape index (κ1) is 17.1. The van der Waals surface area contributed by atoms with Crippen LogP contribution in [0.1, 0.15) is 41.6 Å². The van der Waals surface area contributed by atoms with Crippen molar-refractivity contribution in [1.82, 2.24) is 10.0 Å². The number of benzene rings is 2. The van der Waals surface area contributed by atoms with E-state index in [1.165, 1.54) is 16.7 Å². The summed E-state index contributed by atoms with van der Waals surface area (Å²) in [6.45, 7) is 4.95. The average molecular weight is 344 g/mol. The van der Waals surface area contributed by atoms with Gasteiger partial charge in [-0.3, -0.25) is 0 Å². The third-order valence-corrected chi connectivity index (χ3v) is 6.02. The maximum absolute atomic E-state index is 12.1. The first-order valence-corrected chi connectivity index (χ1v) is 9.89. The Kier molecular flexibility index (Phi) is 5.04. The molecule has 1 unspecified atom stereocenters. The molecule has 1 aliphatic rings. The second-order valence-electron chi connectivity index (χ2n) is 6.32. The van der Waals surface area contributed by atoms with Gasteiger partial charge in [0.05, 0.1) is 4.90 Å². The van der Waals surface area contributed by atoms with E-state index in [0.29, 0.717) is 24.0 Å². The summed E-state index contributed by atoms with van der Waals surface area (Å²) in [5.74, 6) is 0. The van der Waals surface area contributed by atoms with Crippen molar-refractivity contribution in [3.05, 3.63) is 64.7 Å². The molecule has 0 aliphatic heterocycles. The van der Waals surface area contributed by atoms with Crippen LogP contribution in [-0.2, 0) is 23.0 Å². The van der Waals surface area contributed by atoms with Crippen LogP contribution in [0.25, 0.3) is 0 Å². The third-order valence-electron chi connectivity index (χ3n) is 4.47. The molecule has 0 saturated carbocycles. The first-order valence-electron chi connectivity index (χ1n) is 8.41. The lowest BCUT2D eigenvalue weighted by Gasteiger charge is -2.15. The fourth-order valence-electron chi connectivity index (χ4n) is 3.27. The highest BCUT2D eigenvalue weighted by atomic mass is 32.2. The predicted octanol–water partition coefficient (Wildman–Crippen LogP) is 3.07. The van der Waals surface area contributed by atoms with Gasteiger partial charge in [-0.15, -0.1) is 0 Å². The summed E-state index contributed by atoms with van der Waals surface area (Å²) in [5.41, 5.74) is 5.06. The fourth-order valence-corrected chi connectivity index (χ4v) is 4.38. The summed E-state index contributed by atoms with van der Waals surface area (Å²) >= 11 is 0. The molecule has 3 rings (SSSR count). The van der Waals surface area contributed by atoms with Gasteiger partial charge in [0.1, 0.15) is 0 Å². The summed E-state index contributed by atoms with van der Waals surface area (Å²) in [5, 5.41) is 3.58. The molecular weight excluding hydrogens is 320 g/mol.